The van der Waals surface area contributed by atoms with Gasteiger partial charge in [0.25, 0.3) is 0 Å². The summed E-state index contributed by atoms with van der Waals surface area (Å²) in [5.41, 5.74) is -2.01. The highest BCUT2D eigenvalue weighted by molar-refractivity contribution is 7.91. The van der Waals surface area contributed by atoms with Crippen molar-refractivity contribution in [1.29, 1.82) is 0 Å². The van der Waals surface area contributed by atoms with Crippen LogP contribution in [0.2, 0.25) is 0 Å². The molecule has 0 saturated carbocycles. The fraction of sp³-hybridized carbons (Fsp3) is 0.375. The van der Waals surface area contributed by atoms with E-state index in [1.807, 2.05) is 0 Å². The van der Waals surface area contributed by atoms with E-state index in [1.54, 1.807) is 11.0 Å². The Labute approximate surface area is 214 Å². The molecule has 202 valence electrons. The Bertz CT molecular complexity index is 1340. The predicted octanol–water partition coefficient (Wildman–Crippen LogP) is 3.67. The second-order valence-electron chi connectivity index (χ2n) is 8.54. The zero-order valence-corrected chi connectivity index (χ0v) is 21.6. The van der Waals surface area contributed by atoms with Crippen LogP contribution in [0, 0.1) is 0 Å². The minimum atomic E-state index is -4.94. The number of sulfone groups is 1. The molecule has 1 aliphatic heterocycles. The van der Waals surface area contributed by atoms with Gasteiger partial charge in [0.1, 0.15) is 12.0 Å². The van der Waals surface area contributed by atoms with Crippen molar-refractivity contribution in [3.05, 3.63) is 72.3 Å². The molecule has 0 radical (unpaired) electrons. The molecular weight excluding hydrogens is 533 g/mol. The van der Waals surface area contributed by atoms with Gasteiger partial charge >= 0.3 is 12.1 Å². The van der Waals surface area contributed by atoms with Crippen molar-refractivity contribution in [2.45, 2.75) is 47.0 Å². The van der Waals surface area contributed by atoms with Crippen LogP contribution in [0.15, 0.2) is 71.0 Å². The molecule has 1 saturated heterocycles. The maximum absolute atomic E-state index is 13.9. The van der Waals surface area contributed by atoms with Crippen molar-refractivity contribution in [3.63, 3.8) is 0 Å². The number of alkyl halides is 3. The molecule has 37 heavy (non-hydrogen) atoms. The molecule has 0 spiro atoms. The Hall–Kier alpha value is -2.74. The molecule has 1 unspecified atom stereocenters. The van der Waals surface area contributed by atoms with E-state index >= 15 is 0 Å². The molecule has 8 nitrogen and oxygen atoms in total. The van der Waals surface area contributed by atoms with Crippen molar-refractivity contribution in [2.75, 3.05) is 19.8 Å². The van der Waals surface area contributed by atoms with Crippen molar-refractivity contribution < 1.29 is 39.5 Å². The van der Waals surface area contributed by atoms with Crippen LogP contribution in [-0.2, 0) is 35.6 Å². The van der Waals surface area contributed by atoms with Crippen LogP contribution in [0.4, 0.5) is 13.2 Å². The van der Waals surface area contributed by atoms with E-state index in [9.17, 15) is 34.8 Å². The minimum Gasteiger partial charge on any atom is -0.450 e. The SMILES string of the molecule is C=CC(c1cc(S(=O)(=O)c2ccccc2)ccc1C(F)(F)F)S(=O)(=O)NC1CCN(COC(C)=O)CC1. The molecule has 0 aliphatic carbocycles. The van der Waals surface area contributed by atoms with Gasteiger partial charge in [-0.1, -0.05) is 24.3 Å². The van der Waals surface area contributed by atoms with Crippen LogP contribution in [-0.4, -0.2) is 53.6 Å². The maximum atomic E-state index is 13.9. The molecule has 1 heterocycles. The number of ether oxygens (including phenoxy) is 1. The molecule has 13 heteroatoms. The Balaban J connectivity index is 1.92. The van der Waals surface area contributed by atoms with E-state index < -0.39 is 59.3 Å². The number of carbonyl (C=O) groups is 1. The Morgan fingerprint density at radius 3 is 2.27 bits per heavy atom. The number of carbonyl (C=O) groups excluding carboxylic acids is 1. The first-order valence-corrected chi connectivity index (χ1v) is 14.3. The van der Waals surface area contributed by atoms with E-state index in [2.05, 4.69) is 11.3 Å². The summed E-state index contributed by atoms with van der Waals surface area (Å²) in [7, 11) is -8.66. The summed E-state index contributed by atoms with van der Waals surface area (Å²) >= 11 is 0. The first-order valence-electron chi connectivity index (χ1n) is 11.3. The van der Waals surface area contributed by atoms with Gasteiger partial charge in [-0.3, -0.25) is 9.69 Å². The van der Waals surface area contributed by atoms with Gasteiger partial charge in [0.05, 0.1) is 15.4 Å². The van der Waals surface area contributed by atoms with E-state index in [0.717, 1.165) is 18.2 Å². The number of piperidine rings is 1. The smallest absolute Gasteiger partial charge is 0.416 e. The molecular formula is C24H27F3N2O6S2. The first kappa shape index (κ1) is 28.8. The summed E-state index contributed by atoms with van der Waals surface area (Å²) in [6.45, 7) is 5.56. The molecule has 1 fully saturated rings. The van der Waals surface area contributed by atoms with Gasteiger partial charge in [0, 0.05) is 26.1 Å². The van der Waals surface area contributed by atoms with Crippen LogP contribution < -0.4 is 4.72 Å². The monoisotopic (exact) mass is 560 g/mol. The third kappa shape index (κ3) is 6.98. The Morgan fingerprint density at radius 2 is 1.73 bits per heavy atom. The van der Waals surface area contributed by atoms with Gasteiger partial charge < -0.3 is 4.74 Å². The second kappa shape index (κ2) is 11.3. The molecule has 1 aliphatic rings. The summed E-state index contributed by atoms with van der Waals surface area (Å²) in [6, 6.07) is 8.67. The van der Waals surface area contributed by atoms with Crippen LogP contribution in [0.3, 0.4) is 0 Å². The summed E-state index contributed by atoms with van der Waals surface area (Å²) < 4.78 is 102. The number of hydrogen-bond acceptors (Lipinski definition) is 7. The topological polar surface area (TPSA) is 110 Å². The number of rotatable bonds is 9. The molecule has 0 aromatic heterocycles. The molecule has 1 N–H and O–H groups in total. The van der Waals surface area contributed by atoms with E-state index in [-0.39, 0.29) is 11.6 Å². The highest BCUT2D eigenvalue weighted by Crippen LogP contribution is 2.39. The minimum absolute atomic E-state index is 0.0573. The van der Waals surface area contributed by atoms with E-state index in [1.165, 1.54) is 31.2 Å². The van der Waals surface area contributed by atoms with Crippen molar-refractivity contribution in [3.8, 4) is 0 Å². The zero-order chi connectivity index (χ0) is 27.4. The number of hydrogen-bond donors (Lipinski definition) is 1. The van der Waals surface area contributed by atoms with Crippen molar-refractivity contribution >= 4 is 25.8 Å². The standard InChI is InChI=1S/C24H27F3N2O6S2/c1-3-23(37(33,34)28-18-11-13-29(14-12-18)16-35-17(2)30)21-15-20(9-10-22(21)24(25,26)27)36(31,32)19-7-5-4-6-8-19/h3-10,15,18,23,28H,1,11-14,16H2,2H3. The number of sulfonamides is 1. The van der Waals surface area contributed by atoms with Gasteiger partial charge in [-0.15, -0.1) is 6.58 Å². The summed E-state index contributed by atoms with van der Waals surface area (Å²) in [6.07, 6.45) is -3.43. The maximum Gasteiger partial charge on any atom is 0.416 e. The predicted molar refractivity (Wildman–Crippen MR) is 130 cm³/mol. The number of nitrogens with one attached hydrogen (secondary N) is 1. The van der Waals surface area contributed by atoms with Crippen LogP contribution in [0.25, 0.3) is 0 Å². The second-order valence-corrected chi connectivity index (χ2v) is 12.3. The first-order chi connectivity index (χ1) is 17.3. The average Bonchev–Trinajstić information content (AvgIpc) is 2.83. The quantitative estimate of drug-likeness (QED) is 0.368. The molecule has 0 amide bonds. The number of nitrogens with zero attached hydrogens (tertiary/aromatic N) is 1. The van der Waals surface area contributed by atoms with Crippen molar-refractivity contribution in [1.82, 2.24) is 9.62 Å². The molecule has 1 atom stereocenters. The molecule has 2 aromatic rings. The van der Waals surface area contributed by atoms with E-state index in [0.29, 0.717) is 32.0 Å². The fourth-order valence-corrected chi connectivity index (χ4v) is 6.97. The van der Waals surface area contributed by atoms with Gasteiger partial charge in [0.2, 0.25) is 19.9 Å². The molecule has 0 bridgehead atoms. The number of likely N-dealkylation sites (tertiary alicyclic amines) is 1. The Kier molecular flexibility index (Phi) is 8.83. The largest absolute Gasteiger partial charge is 0.450 e. The van der Waals surface area contributed by atoms with Gasteiger partial charge in [-0.05, 0) is 48.7 Å². The lowest BCUT2D eigenvalue weighted by Crippen LogP contribution is -2.46. The third-order valence-corrected chi connectivity index (χ3v) is 9.46. The summed E-state index contributed by atoms with van der Waals surface area (Å²) in [4.78, 5) is 12.2. The summed E-state index contributed by atoms with van der Waals surface area (Å²) in [5, 5.41) is -1.87. The average molecular weight is 561 g/mol. The third-order valence-electron chi connectivity index (χ3n) is 5.92. The lowest BCUT2D eigenvalue weighted by atomic mass is 10.0. The van der Waals surface area contributed by atoms with Crippen LogP contribution >= 0.6 is 0 Å². The lowest BCUT2D eigenvalue weighted by molar-refractivity contribution is -0.146. The van der Waals surface area contributed by atoms with Gasteiger partial charge in [0.15, 0.2) is 0 Å². The zero-order valence-electron chi connectivity index (χ0n) is 19.9. The number of esters is 1. The van der Waals surface area contributed by atoms with Crippen LogP contribution in [0.1, 0.15) is 36.1 Å². The van der Waals surface area contributed by atoms with Crippen LogP contribution in [0.5, 0.6) is 0 Å². The van der Waals surface area contributed by atoms with Crippen molar-refractivity contribution in [2.24, 2.45) is 0 Å². The summed E-state index contributed by atoms with van der Waals surface area (Å²) in [5.74, 6) is -0.450. The molecule has 3 rings (SSSR count). The normalized spacial score (nSPS) is 16.8. The molecule has 2 aromatic carbocycles. The highest BCUT2D eigenvalue weighted by Gasteiger charge is 2.39. The number of benzene rings is 2. The van der Waals surface area contributed by atoms with Gasteiger partial charge in [-0.2, -0.15) is 13.2 Å². The van der Waals surface area contributed by atoms with E-state index in [4.69, 9.17) is 4.74 Å². The number of halogens is 3. The lowest BCUT2D eigenvalue weighted by Gasteiger charge is -2.32. The Morgan fingerprint density at radius 1 is 1.11 bits per heavy atom. The highest BCUT2D eigenvalue weighted by atomic mass is 32.2. The fourth-order valence-electron chi connectivity index (χ4n) is 4.03. The van der Waals surface area contributed by atoms with Gasteiger partial charge in [-0.25, -0.2) is 21.6 Å².